The van der Waals surface area contributed by atoms with Gasteiger partial charge in [0.1, 0.15) is 0 Å². The van der Waals surface area contributed by atoms with E-state index in [9.17, 15) is 0 Å². The highest BCUT2D eigenvalue weighted by atomic mass is 15.2. The van der Waals surface area contributed by atoms with E-state index in [0.29, 0.717) is 0 Å². The number of rotatable bonds is 9. The lowest BCUT2D eigenvalue weighted by molar-refractivity contribution is 0.259. The van der Waals surface area contributed by atoms with E-state index >= 15 is 0 Å². The minimum absolute atomic E-state index is 0.733. The standard InChI is InChI=1S/C16H34N2/c1-3-5-6-7-8-9-10-13-18-14-11-12-17-16(4-2)15-18/h16-17H,3-15H2,1-2H3. The van der Waals surface area contributed by atoms with Crippen LogP contribution < -0.4 is 5.32 Å². The van der Waals surface area contributed by atoms with E-state index in [1.54, 1.807) is 0 Å². The van der Waals surface area contributed by atoms with Gasteiger partial charge in [0, 0.05) is 12.6 Å². The molecular formula is C16H34N2. The molecular weight excluding hydrogens is 220 g/mol. The van der Waals surface area contributed by atoms with Crippen molar-refractivity contribution in [2.45, 2.75) is 77.7 Å². The van der Waals surface area contributed by atoms with Crippen molar-refractivity contribution >= 4 is 0 Å². The van der Waals surface area contributed by atoms with Gasteiger partial charge in [0.15, 0.2) is 0 Å². The second kappa shape index (κ2) is 10.8. The smallest absolute Gasteiger partial charge is 0.0192 e. The highest BCUT2D eigenvalue weighted by molar-refractivity contribution is 4.75. The van der Waals surface area contributed by atoms with Crippen molar-refractivity contribution in [1.29, 1.82) is 0 Å². The van der Waals surface area contributed by atoms with E-state index in [2.05, 4.69) is 24.1 Å². The molecule has 108 valence electrons. The summed E-state index contributed by atoms with van der Waals surface area (Å²) < 4.78 is 0. The lowest BCUT2D eigenvalue weighted by Gasteiger charge is -2.23. The van der Waals surface area contributed by atoms with E-state index in [-0.39, 0.29) is 0 Å². The van der Waals surface area contributed by atoms with Gasteiger partial charge in [-0.15, -0.1) is 0 Å². The molecule has 2 nitrogen and oxygen atoms in total. The van der Waals surface area contributed by atoms with Gasteiger partial charge in [-0.05, 0) is 38.9 Å². The van der Waals surface area contributed by atoms with Crippen LogP contribution in [0.5, 0.6) is 0 Å². The van der Waals surface area contributed by atoms with Gasteiger partial charge < -0.3 is 10.2 Å². The zero-order valence-electron chi connectivity index (χ0n) is 12.7. The monoisotopic (exact) mass is 254 g/mol. The molecule has 1 atom stereocenters. The van der Waals surface area contributed by atoms with Gasteiger partial charge in [-0.25, -0.2) is 0 Å². The molecule has 1 heterocycles. The third-order valence-corrected chi connectivity index (χ3v) is 4.13. The summed E-state index contributed by atoms with van der Waals surface area (Å²) in [4.78, 5) is 2.68. The van der Waals surface area contributed by atoms with Crippen molar-refractivity contribution in [3.63, 3.8) is 0 Å². The van der Waals surface area contributed by atoms with Gasteiger partial charge in [-0.2, -0.15) is 0 Å². The fourth-order valence-corrected chi connectivity index (χ4v) is 2.85. The average molecular weight is 254 g/mol. The molecule has 0 saturated carbocycles. The molecule has 1 N–H and O–H groups in total. The van der Waals surface area contributed by atoms with Gasteiger partial charge in [-0.3, -0.25) is 0 Å². The molecule has 1 rings (SSSR count). The van der Waals surface area contributed by atoms with E-state index in [1.807, 2.05) is 0 Å². The molecule has 0 aromatic carbocycles. The third kappa shape index (κ3) is 7.38. The van der Waals surface area contributed by atoms with Crippen molar-refractivity contribution in [3.8, 4) is 0 Å². The normalized spacial score (nSPS) is 22.0. The largest absolute Gasteiger partial charge is 0.313 e. The van der Waals surface area contributed by atoms with Crippen LogP contribution in [0.1, 0.15) is 71.6 Å². The van der Waals surface area contributed by atoms with Gasteiger partial charge in [-0.1, -0.05) is 52.4 Å². The first-order valence-electron chi connectivity index (χ1n) is 8.32. The topological polar surface area (TPSA) is 15.3 Å². The predicted molar refractivity (Wildman–Crippen MR) is 81.1 cm³/mol. The number of nitrogens with one attached hydrogen (secondary N) is 1. The molecule has 0 radical (unpaired) electrons. The van der Waals surface area contributed by atoms with Crippen molar-refractivity contribution in [2.75, 3.05) is 26.2 Å². The number of hydrogen-bond donors (Lipinski definition) is 1. The van der Waals surface area contributed by atoms with E-state index in [4.69, 9.17) is 0 Å². The summed E-state index contributed by atoms with van der Waals surface area (Å²) in [5.74, 6) is 0. The molecule has 0 aromatic heterocycles. The highest BCUT2D eigenvalue weighted by Gasteiger charge is 2.15. The van der Waals surface area contributed by atoms with Gasteiger partial charge in [0.2, 0.25) is 0 Å². The van der Waals surface area contributed by atoms with Crippen LogP contribution in [0, 0.1) is 0 Å². The second-order valence-electron chi connectivity index (χ2n) is 5.83. The van der Waals surface area contributed by atoms with Crippen LogP contribution in [-0.4, -0.2) is 37.1 Å². The molecule has 0 bridgehead atoms. The third-order valence-electron chi connectivity index (χ3n) is 4.13. The molecule has 1 unspecified atom stereocenters. The van der Waals surface area contributed by atoms with Crippen molar-refractivity contribution in [1.82, 2.24) is 10.2 Å². The minimum Gasteiger partial charge on any atom is -0.313 e. The SMILES string of the molecule is CCCCCCCCCN1CCCNC(CC)C1. The quantitative estimate of drug-likeness (QED) is 0.629. The summed E-state index contributed by atoms with van der Waals surface area (Å²) in [5, 5.41) is 3.64. The Hall–Kier alpha value is -0.0800. The van der Waals surface area contributed by atoms with Crippen LogP contribution in [-0.2, 0) is 0 Å². The zero-order valence-corrected chi connectivity index (χ0v) is 12.7. The van der Waals surface area contributed by atoms with E-state index < -0.39 is 0 Å². The minimum atomic E-state index is 0.733. The first-order valence-corrected chi connectivity index (χ1v) is 8.32. The molecule has 1 aliphatic heterocycles. The Morgan fingerprint density at radius 3 is 2.44 bits per heavy atom. The van der Waals surface area contributed by atoms with Crippen molar-refractivity contribution in [3.05, 3.63) is 0 Å². The fourth-order valence-electron chi connectivity index (χ4n) is 2.85. The molecule has 0 aliphatic carbocycles. The first kappa shape index (κ1) is 16.0. The Labute approximate surface area is 115 Å². The molecule has 1 fully saturated rings. The molecule has 1 aliphatic rings. The highest BCUT2D eigenvalue weighted by Crippen LogP contribution is 2.09. The summed E-state index contributed by atoms with van der Waals surface area (Å²) in [6.45, 7) is 9.70. The van der Waals surface area contributed by atoms with Crippen LogP contribution in [0.3, 0.4) is 0 Å². The zero-order chi connectivity index (χ0) is 13.1. The van der Waals surface area contributed by atoms with Crippen molar-refractivity contribution in [2.24, 2.45) is 0 Å². The lowest BCUT2D eigenvalue weighted by Crippen LogP contribution is -2.37. The summed E-state index contributed by atoms with van der Waals surface area (Å²) >= 11 is 0. The maximum atomic E-state index is 3.64. The molecule has 18 heavy (non-hydrogen) atoms. The fraction of sp³-hybridized carbons (Fsp3) is 1.00. The Morgan fingerprint density at radius 2 is 1.72 bits per heavy atom. The maximum absolute atomic E-state index is 3.64. The maximum Gasteiger partial charge on any atom is 0.0192 e. The summed E-state index contributed by atoms with van der Waals surface area (Å²) in [5.41, 5.74) is 0. The Morgan fingerprint density at radius 1 is 1.00 bits per heavy atom. The van der Waals surface area contributed by atoms with Gasteiger partial charge in [0.25, 0.3) is 0 Å². The number of hydrogen-bond acceptors (Lipinski definition) is 2. The van der Waals surface area contributed by atoms with E-state index in [0.717, 1.165) is 6.04 Å². The molecule has 2 heteroatoms. The summed E-state index contributed by atoms with van der Waals surface area (Å²) in [7, 11) is 0. The number of unbranched alkanes of at least 4 members (excludes halogenated alkanes) is 6. The van der Waals surface area contributed by atoms with Gasteiger partial charge >= 0.3 is 0 Å². The van der Waals surface area contributed by atoms with Crippen LogP contribution in [0.4, 0.5) is 0 Å². The number of nitrogens with zero attached hydrogens (tertiary/aromatic N) is 1. The second-order valence-corrected chi connectivity index (χ2v) is 5.83. The lowest BCUT2D eigenvalue weighted by atomic mass is 10.1. The molecule has 0 aromatic rings. The van der Waals surface area contributed by atoms with E-state index in [1.165, 1.54) is 84.0 Å². The van der Waals surface area contributed by atoms with Crippen molar-refractivity contribution < 1.29 is 0 Å². The van der Waals surface area contributed by atoms with Crippen LogP contribution in [0.2, 0.25) is 0 Å². The van der Waals surface area contributed by atoms with Gasteiger partial charge in [0.05, 0.1) is 0 Å². The average Bonchev–Trinajstić information content (AvgIpc) is 2.63. The molecule has 0 spiro atoms. The summed E-state index contributed by atoms with van der Waals surface area (Å²) in [6.07, 6.45) is 12.6. The Bertz CT molecular complexity index is 182. The summed E-state index contributed by atoms with van der Waals surface area (Å²) in [6, 6.07) is 0.733. The molecule has 0 amide bonds. The van der Waals surface area contributed by atoms with Crippen LogP contribution >= 0.6 is 0 Å². The molecule has 1 saturated heterocycles. The Balaban J connectivity index is 1.99. The van der Waals surface area contributed by atoms with Crippen LogP contribution in [0.25, 0.3) is 0 Å². The first-order chi connectivity index (χ1) is 8.86. The van der Waals surface area contributed by atoms with Crippen LogP contribution in [0.15, 0.2) is 0 Å². The Kier molecular flexibility index (Phi) is 9.59. The predicted octanol–water partition coefficient (Wildman–Crippen LogP) is 3.81.